The van der Waals surface area contributed by atoms with E-state index in [-0.39, 0.29) is 17.1 Å². The first-order valence-corrected chi connectivity index (χ1v) is 8.46. The SMILES string of the molecule is NC(=O)c1cnc2ccc(-c3cc(F)ccc3-c3cccc(C(O)(O)O)n3)cn12. The molecule has 0 unspecified atom stereocenters. The van der Waals surface area contributed by atoms with E-state index in [1.807, 2.05) is 0 Å². The third kappa shape index (κ3) is 3.45. The van der Waals surface area contributed by atoms with E-state index in [9.17, 15) is 24.5 Å². The lowest BCUT2D eigenvalue weighted by Gasteiger charge is -2.15. The van der Waals surface area contributed by atoms with Crippen molar-refractivity contribution >= 4 is 11.6 Å². The Morgan fingerprint density at radius 3 is 2.59 bits per heavy atom. The number of fused-ring (bicyclic) bond motifs is 1. The molecule has 0 saturated carbocycles. The van der Waals surface area contributed by atoms with E-state index in [0.29, 0.717) is 22.3 Å². The molecular weight excluding hydrogens is 379 g/mol. The molecule has 0 bridgehead atoms. The molecule has 9 heteroatoms. The number of hydrogen-bond donors (Lipinski definition) is 4. The van der Waals surface area contributed by atoms with Gasteiger partial charge in [-0.1, -0.05) is 6.07 Å². The second-order valence-electron chi connectivity index (χ2n) is 6.39. The van der Waals surface area contributed by atoms with Crippen LogP contribution < -0.4 is 5.73 Å². The highest BCUT2D eigenvalue weighted by Gasteiger charge is 2.24. The summed E-state index contributed by atoms with van der Waals surface area (Å²) in [5.74, 6) is -4.27. The number of benzene rings is 1. The molecule has 4 aromatic rings. The average molecular weight is 394 g/mol. The van der Waals surface area contributed by atoms with Crippen LogP contribution in [0.1, 0.15) is 16.2 Å². The first-order valence-electron chi connectivity index (χ1n) is 8.46. The van der Waals surface area contributed by atoms with E-state index in [0.717, 1.165) is 0 Å². The molecule has 4 rings (SSSR count). The lowest BCUT2D eigenvalue weighted by Crippen LogP contribution is -2.25. The fourth-order valence-corrected chi connectivity index (χ4v) is 3.07. The summed E-state index contributed by atoms with van der Waals surface area (Å²) in [4.78, 5) is 19.8. The third-order valence-corrected chi connectivity index (χ3v) is 4.42. The predicted octanol–water partition coefficient (Wildman–Crippen LogP) is 1.39. The number of rotatable bonds is 4. The van der Waals surface area contributed by atoms with Gasteiger partial charge in [-0.25, -0.2) is 14.4 Å². The Kier molecular flexibility index (Phi) is 4.35. The van der Waals surface area contributed by atoms with Crippen LogP contribution in [0, 0.1) is 5.82 Å². The van der Waals surface area contributed by atoms with Gasteiger partial charge in [-0.15, -0.1) is 0 Å². The van der Waals surface area contributed by atoms with Crippen LogP contribution in [-0.2, 0) is 5.97 Å². The van der Waals surface area contributed by atoms with Crippen molar-refractivity contribution in [1.82, 2.24) is 14.4 Å². The highest BCUT2D eigenvalue weighted by molar-refractivity contribution is 5.92. The number of hydrogen-bond acceptors (Lipinski definition) is 6. The molecule has 29 heavy (non-hydrogen) atoms. The van der Waals surface area contributed by atoms with Crippen LogP contribution in [0.5, 0.6) is 0 Å². The number of nitrogens with two attached hydrogens (primary N) is 1. The summed E-state index contributed by atoms with van der Waals surface area (Å²) in [6, 6.07) is 11.7. The van der Waals surface area contributed by atoms with E-state index in [4.69, 9.17) is 5.73 Å². The van der Waals surface area contributed by atoms with Crippen LogP contribution in [0.4, 0.5) is 4.39 Å². The molecule has 0 atom stereocenters. The molecular formula is C20H15FN4O4. The van der Waals surface area contributed by atoms with Crippen molar-refractivity contribution in [3.05, 3.63) is 78.1 Å². The molecule has 0 fully saturated rings. The molecule has 3 aromatic heterocycles. The van der Waals surface area contributed by atoms with Crippen molar-refractivity contribution in [3.63, 3.8) is 0 Å². The number of nitrogens with zero attached hydrogens (tertiary/aromatic N) is 3. The lowest BCUT2D eigenvalue weighted by molar-refractivity contribution is -0.326. The molecule has 0 spiro atoms. The summed E-state index contributed by atoms with van der Waals surface area (Å²) in [7, 11) is 0. The Balaban J connectivity index is 1.92. The zero-order valence-electron chi connectivity index (χ0n) is 14.8. The van der Waals surface area contributed by atoms with Gasteiger partial charge in [-0.2, -0.15) is 0 Å². The van der Waals surface area contributed by atoms with Crippen molar-refractivity contribution < 1.29 is 24.5 Å². The maximum absolute atomic E-state index is 14.0. The van der Waals surface area contributed by atoms with Crippen molar-refractivity contribution in [1.29, 1.82) is 0 Å². The lowest BCUT2D eigenvalue weighted by atomic mass is 9.98. The zero-order valence-corrected chi connectivity index (χ0v) is 14.8. The smallest absolute Gasteiger partial charge is 0.322 e. The molecule has 1 amide bonds. The fraction of sp³-hybridized carbons (Fsp3) is 0.0500. The number of carbonyl (C=O) groups excluding carboxylic acids is 1. The summed E-state index contributed by atoms with van der Waals surface area (Å²) >= 11 is 0. The van der Waals surface area contributed by atoms with E-state index in [2.05, 4.69) is 9.97 Å². The minimum atomic E-state index is -3.11. The van der Waals surface area contributed by atoms with Crippen LogP contribution in [0.3, 0.4) is 0 Å². The maximum Gasteiger partial charge on any atom is 0.322 e. The number of carbonyl (C=O) groups is 1. The van der Waals surface area contributed by atoms with Crippen LogP contribution in [0.2, 0.25) is 0 Å². The quantitative estimate of drug-likeness (QED) is 0.387. The summed E-state index contributed by atoms with van der Waals surface area (Å²) in [6.07, 6.45) is 2.95. The van der Waals surface area contributed by atoms with Crippen molar-refractivity contribution in [2.45, 2.75) is 5.97 Å². The summed E-state index contributed by atoms with van der Waals surface area (Å²) in [5, 5.41) is 28.2. The Hall–Kier alpha value is -3.66. The standard InChI is InChI=1S/C20H15FN4O4/c21-12-5-6-13(15-2-1-3-17(24-15)20(27,28)29)14(8-12)11-4-7-18-23-9-16(19(22)26)25(18)10-11/h1-10,27-29H,(H2,22,26). The number of amides is 1. The van der Waals surface area contributed by atoms with Crippen molar-refractivity contribution in [2.24, 2.45) is 5.73 Å². The van der Waals surface area contributed by atoms with Crippen molar-refractivity contribution in [2.75, 3.05) is 0 Å². The van der Waals surface area contributed by atoms with Gasteiger partial charge in [0.05, 0.1) is 11.9 Å². The van der Waals surface area contributed by atoms with Crippen LogP contribution in [-0.4, -0.2) is 35.6 Å². The van der Waals surface area contributed by atoms with Gasteiger partial charge < -0.3 is 21.1 Å². The predicted molar refractivity (Wildman–Crippen MR) is 101 cm³/mol. The molecule has 0 aliphatic rings. The van der Waals surface area contributed by atoms with Gasteiger partial charge in [0.25, 0.3) is 5.91 Å². The van der Waals surface area contributed by atoms with Gasteiger partial charge >= 0.3 is 5.97 Å². The normalized spacial score (nSPS) is 11.7. The number of pyridine rings is 2. The summed E-state index contributed by atoms with van der Waals surface area (Å²) in [5.41, 5.74) is 7.38. The third-order valence-electron chi connectivity index (χ3n) is 4.42. The van der Waals surface area contributed by atoms with Crippen LogP contribution in [0.15, 0.2) is 60.9 Å². The van der Waals surface area contributed by atoms with Gasteiger partial charge in [-0.05, 0) is 53.6 Å². The van der Waals surface area contributed by atoms with Gasteiger partial charge in [0.1, 0.15) is 22.9 Å². The Morgan fingerprint density at radius 2 is 1.86 bits per heavy atom. The molecule has 1 aromatic carbocycles. The maximum atomic E-state index is 14.0. The monoisotopic (exact) mass is 394 g/mol. The first kappa shape index (κ1) is 18.7. The first-order chi connectivity index (χ1) is 13.7. The second-order valence-corrected chi connectivity index (χ2v) is 6.39. The molecule has 3 heterocycles. The molecule has 0 saturated heterocycles. The van der Waals surface area contributed by atoms with Gasteiger partial charge in [0, 0.05) is 11.8 Å². The zero-order chi connectivity index (χ0) is 20.8. The second kappa shape index (κ2) is 6.74. The van der Waals surface area contributed by atoms with Crippen LogP contribution >= 0.6 is 0 Å². The number of halogens is 1. The van der Waals surface area contributed by atoms with Gasteiger partial charge in [-0.3, -0.25) is 9.20 Å². The van der Waals surface area contributed by atoms with E-state index in [1.54, 1.807) is 24.4 Å². The number of aliphatic hydroxyl groups is 3. The molecule has 8 nitrogen and oxygen atoms in total. The summed E-state index contributed by atoms with van der Waals surface area (Å²) < 4.78 is 15.5. The molecule has 0 aliphatic heterocycles. The minimum absolute atomic E-state index is 0.172. The highest BCUT2D eigenvalue weighted by Crippen LogP contribution is 2.33. The Labute approximate surface area is 163 Å². The van der Waals surface area contributed by atoms with E-state index < -0.39 is 17.7 Å². The van der Waals surface area contributed by atoms with Crippen molar-refractivity contribution in [3.8, 4) is 22.4 Å². The van der Waals surface area contributed by atoms with Crippen LogP contribution in [0.25, 0.3) is 28.0 Å². The minimum Gasteiger partial charge on any atom is -0.364 e. The fourth-order valence-electron chi connectivity index (χ4n) is 3.07. The molecule has 5 N–H and O–H groups in total. The average Bonchev–Trinajstić information content (AvgIpc) is 3.11. The van der Waals surface area contributed by atoms with Gasteiger partial charge in [0.15, 0.2) is 0 Å². The largest absolute Gasteiger partial charge is 0.364 e. The van der Waals surface area contributed by atoms with E-state index >= 15 is 0 Å². The van der Waals surface area contributed by atoms with E-state index in [1.165, 1.54) is 40.9 Å². The highest BCUT2D eigenvalue weighted by atomic mass is 19.1. The molecule has 146 valence electrons. The Morgan fingerprint density at radius 1 is 1.07 bits per heavy atom. The number of primary amides is 1. The number of aromatic nitrogens is 3. The Bertz CT molecular complexity index is 1250. The topological polar surface area (TPSA) is 134 Å². The molecule has 0 radical (unpaired) electrons. The molecule has 0 aliphatic carbocycles. The summed E-state index contributed by atoms with van der Waals surface area (Å²) in [6.45, 7) is 0. The number of imidazole rings is 1. The van der Waals surface area contributed by atoms with Gasteiger partial charge in [0.2, 0.25) is 0 Å².